The van der Waals surface area contributed by atoms with Crippen molar-refractivity contribution >= 4 is 0 Å². The Hall–Kier alpha value is -0.0400. The summed E-state index contributed by atoms with van der Waals surface area (Å²) in [6.07, 6.45) is 2.18. The van der Waals surface area contributed by atoms with Gasteiger partial charge >= 0.3 is 0 Å². The molecule has 0 saturated heterocycles. The summed E-state index contributed by atoms with van der Waals surface area (Å²) in [6, 6.07) is 0. The van der Waals surface area contributed by atoms with E-state index >= 15 is 0 Å². The largest absolute Gasteiger partial charge is 0.393 e. The summed E-state index contributed by atoms with van der Waals surface area (Å²) < 4.78 is 0. The maximum absolute atomic E-state index is 9.31. The highest BCUT2D eigenvalue weighted by atomic mass is 16.3. The molecule has 1 unspecified atom stereocenters. The fourth-order valence-electron chi connectivity index (χ4n) is 1.46. The number of aliphatic hydroxyl groups is 1. The Morgan fingerprint density at radius 1 is 1.20 bits per heavy atom. The lowest BCUT2D eigenvalue weighted by atomic mass is 9.87. The third kappa shape index (κ3) is 3.21. The summed E-state index contributed by atoms with van der Waals surface area (Å²) >= 11 is 0. The molecular weight excluding hydrogens is 124 g/mol. The standard InChI is InChI=1S/C9H20O/c1-5-6-9(7(2)3)8(4)10/h7-10H,5-6H2,1-4H3/t8-,9?/m0/s1. The Kier molecular flexibility index (Phi) is 4.71. The van der Waals surface area contributed by atoms with E-state index in [-0.39, 0.29) is 6.10 Å². The van der Waals surface area contributed by atoms with Crippen molar-refractivity contribution in [2.24, 2.45) is 11.8 Å². The van der Waals surface area contributed by atoms with Crippen LogP contribution in [0, 0.1) is 11.8 Å². The molecule has 0 amide bonds. The molecule has 1 nitrogen and oxygen atoms in total. The van der Waals surface area contributed by atoms with Gasteiger partial charge in [-0.3, -0.25) is 0 Å². The topological polar surface area (TPSA) is 20.2 Å². The molecule has 0 fully saturated rings. The van der Waals surface area contributed by atoms with Crippen LogP contribution in [0.2, 0.25) is 0 Å². The van der Waals surface area contributed by atoms with Crippen LogP contribution >= 0.6 is 0 Å². The highest BCUT2D eigenvalue weighted by molar-refractivity contribution is 4.67. The van der Waals surface area contributed by atoms with E-state index in [4.69, 9.17) is 0 Å². The molecule has 1 heteroatoms. The Morgan fingerprint density at radius 2 is 1.70 bits per heavy atom. The zero-order valence-corrected chi connectivity index (χ0v) is 7.59. The van der Waals surface area contributed by atoms with Crippen LogP contribution in [0.4, 0.5) is 0 Å². The minimum absolute atomic E-state index is 0.139. The van der Waals surface area contributed by atoms with Gasteiger partial charge in [0.25, 0.3) is 0 Å². The van der Waals surface area contributed by atoms with E-state index in [1.165, 1.54) is 6.42 Å². The van der Waals surface area contributed by atoms with Gasteiger partial charge in [-0.1, -0.05) is 27.2 Å². The van der Waals surface area contributed by atoms with Crippen LogP contribution in [-0.2, 0) is 0 Å². The van der Waals surface area contributed by atoms with E-state index < -0.39 is 0 Å². The smallest absolute Gasteiger partial charge is 0.0542 e. The van der Waals surface area contributed by atoms with E-state index in [0.29, 0.717) is 11.8 Å². The van der Waals surface area contributed by atoms with Crippen LogP contribution in [-0.4, -0.2) is 11.2 Å². The zero-order valence-electron chi connectivity index (χ0n) is 7.59. The summed E-state index contributed by atoms with van der Waals surface area (Å²) in [7, 11) is 0. The maximum Gasteiger partial charge on any atom is 0.0542 e. The van der Waals surface area contributed by atoms with Crippen molar-refractivity contribution in [3.05, 3.63) is 0 Å². The van der Waals surface area contributed by atoms with Crippen molar-refractivity contribution in [2.75, 3.05) is 0 Å². The average Bonchev–Trinajstić information content (AvgIpc) is 1.81. The third-order valence-corrected chi connectivity index (χ3v) is 2.10. The molecule has 62 valence electrons. The molecule has 0 aromatic carbocycles. The van der Waals surface area contributed by atoms with Gasteiger partial charge in [0.05, 0.1) is 6.10 Å². The first kappa shape index (κ1) is 9.96. The van der Waals surface area contributed by atoms with E-state index in [0.717, 1.165) is 6.42 Å². The highest BCUT2D eigenvalue weighted by Gasteiger charge is 2.16. The van der Waals surface area contributed by atoms with Crippen LogP contribution in [0.25, 0.3) is 0 Å². The van der Waals surface area contributed by atoms with E-state index in [2.05, 4.69) is 20.8 Å². The van der Waals surface area contributed by atoms with Crippen molar-refractivity contribution in [1.29, 1.82) is 0 Å². The first-order valence-electron chi connectivity index (χ1n) is 4.27. The number of hydrogen-bond acceptors (Lipinski definition) is 1. The van der Waals surface area contributed by atoms with Crippen LogP contribution in [0.15, 0.2) is 0 Å². The number of aliphatic hydroxyl groups excluding tert-OH is 1. The predicted octanol–water partition coefficient (Wildman–Crippen LogP) is 2.44. The summed E-state index contributed by atoms with van der Waals surface area (Å²) in [6.45, 7) is 8.40. The van der Waals surface area contributed by atoms with Gasteiger partial charge in [0.2, 0.25) is 0 Å². The molecule has 0 saturated carbocycles. The predicted molar refractivity (Wildman–Crippen MR) is 44.9 cm³/mol. The van der Waals surface area contributed by atoms with E-state index in [1.807, 2.05) is 6.92 Å². The SMILES string of the molecule is CCCC(C(C)C)[C@H](C)O. The molecular formula is C9H20O. The molecule has 0 aromatic heterocycles. The lowest BCUT2D eigenvalue weighted by Crippen LogP contribution is -2.21. The highest BCUT2D eigenvalue weighted by Crippen LogP contribution is 2.20. The summed E-state index contributed by atoms with van der Waals surface area (Å²) in [5.74, 6) is 1.10. The van der Waals surface area contributed by atoms with Crippen molar-refractivity contribution in [1.82, 2.24) is 0 Å². The molecule has 2 atom stereocenters. The molecule has 0 aliphatic carbocycles. The Bertz CT molecular complexity index is 68.8. The summed E-state index contributed by atoms with van der Waals surface area (Å²) in [5.41, 5.74) is 0. The molecule has 10 heavy (non-hydrogen) atoms. The molecule has 0 aromatic rings. The molecule has 0 aliphatic heterocycles. The fourth-order valence-corrected chi connectivity index (χ4v) is 1.46. The Balaban J connectivity index is 3.73. The Labute approximate surface area is 64.5 Å². The molecule has 0 aliphatic rings. The summed E-state index contributed by atoms with van der Waals surface area (Å²) in [4.78, 5) is 0. The van der Waals surface area contributed by atoms with Gasteiger partial charge in [0, 0.05) is 0 Å². The van der Waals surface area contributed by atoms with Crippen LogP contribution < -0.4 is 0 Å². The fraction of sp³-hybridized carbons (Fsp3) is 1.00. The van der Waals surface area contributed by atoms with Gasteiger partial charge < -0.3 is 5.11 Å². The van der Waals surface area contributed by atoms with E-state index in [9.17, 15) is 5.11 Å². The zero-order chi connectivity index (χ0) is 8.15. The van der Waals surface area contributed by atoms with Gasteiger partial charge in [-0.25, -0.2) is 0 Å². The monoisotopic (exact) mass is 144 g/mol. The third-order valence-electron chi connectivity index (χ3n) is 2.10. The molecule has 0 spiro atoms. The first-order valence-corrected chi connectivity index (χ1v) is 4.27. The van der Waals surface area contributed by atoms with Gasteiger partial charge in [0.15, 0.2) is 0 Å². The minimum atomic E-state index is -0.139. The second-order valence-electron chi connectivity index (χ2n) is 3.44. The van der Waals surface area contributed by atoms with Gasteiger partial charge in [-0.2, -0.15) is 0 Å². The lowest BCUT2D eigenvalue weighted by molar-refractivity contribution is 0.0914. The van der Waals surface area contributed by atoms with Crippen LogP contribution in [0.5, 0.6) is 0 Å². The van der Waals surface area contributed by atoms with Crippen LogP contribution in [0.1, 0.15) is 40.5 Å². The molecule has 0 bridgehead atoms. The minimum Gasteiger partial charge on any atom is -0.393 e. The second-order valence-corrected chi connectivity index (χ2v) is 3.44. The summed E-state index contributed by atoms with van der Waals surface area (Å²) in [5, 5.41) is 9.31. The molecule has 0 heterocycles. The van der Waals surface area contributed by atoms with Gasteiger partial charge in [0.1, 0.15) is 0 Å². The molecule has 1 N–H and O–H groups in total. The van der Waals surface area contributed by atoms with Crippen molar-refractivity contribution < 1.29 is 5.11 Å². The van der Waals surface area contributed by atoms with E-state index in [1.54, 1.807) is 0 Å². The average molecular weight is 144 g/mol. The van der Waals surface area contributed by atoms with Crippen molar-refractivity contribution in [3.63, 3.8) is 0 Å². The number of hydrogen-bond donors (Lipinski definition) is 1. The van der Waals surface area contributed by atoms with Crippen molar-refractivity contribution in [2.45, 2.75) is 46.6 Å². The quantitative estimate of drug-likeness (QED) is 0.642. The maximum atomic E-state index is 9.31. The van der Waals surface area contributed by atoms with Gasteiger partial charge in [-0.05, 0) is 25.2 Å². The molecule has 0 radical (unpaired) electrons. The van der Waals surface area contributed by atoms with Crippen LogP contribution in [0.3, 0.4) is 0 Å². The lowest BCUT2D eigenvalue weighted by Gasteiger charge is -2.22. The first-order chi connectivity index (χ1) is 4.59. The second kappa shape index (κ2) is 4.73. The van der Waals surface area contributed by atoms with Gasteiger partial charge in [-0.15, -0.1) is 0 Å². The molecule has 0 rings (SSSR count). The normalized spacial score (nSPS) is 17.4. The Morgan fingerprint density at radius 3 is 1.80 bits per heavy atom. The van der Waals surface area contributed by atoms with Crippen molar-refractivity contribution in [3.8, 4) is 0 Å². The number of rotatable bonds is 4.